The first-order valence-electron chi connectivity index (χ1n) is 5.25. The van der Waals surface area contributed by atoms with Crippen LogP contribution in [0.1, 0.15) is 17.2 Å². The van der Waals surface area contributed by atoms with Crippen LogP contribution >= 0.6 is 23.2 Å². The third kappa shape index (κ3) is 2.86. The molecule has 1 nitrogen and oxygen atoms in total. The molecule has 0 aliphatic carbocycles. The molecule has 6 heteroatoms. The summed E-state index contributed by atoms with van der Waals surface area (Å²) in [5.41, 5.74) is 5.65. The van der Waals surface area contributed by atoms with Gasteiger partial charge in [-0.1, -0.05) is 29.3 Å². The van der Waals surface area contributed by atoms with Gasteiger partial charge in [-0.2, -0.15) is 0 Å². The zero-order valence-corrected chi connectivity index (χ0v) is 10.9. The van der Waals surface area contributed by atoms with Gasteiger partial charge in [0.25, 0.3) is 0 Å². The number of hydrogen-bond donors (Lipinski definition) is 1. The normalized spacial score (nSPS) is 12.5. The van der Waals surface area contributed by atoms with Gasteiger partial charge in [-0.3, -0.25) is 0 Å². The van der Waals surface area contributed by atoms with Gasteiger partial charge in [0.15, 0.2) is 0 Å². The summed E-state index contributed by atoms with van der Waals surface area (Å²) in [6.45, 7) is 0. The summed E-state index contributed by atoms with van der Waals surface area (Å²) in [7, 11) is 0. The van der Waals surface area contributed by atoms with E-state index in [0.717, 1.165) is 0 Å². The molecule has 0 aromatic heterocycles. The topological polar surface area (TPSA) is 26.0 Å². The van der Waals surface area contributed by atoms with Crippen molar-refractivity contribution in [2.45, 2.75) is 6.04 Å². The summed E-state index contributed by atoms with van der Waals surface area (Å²) in [6.07, 6.45) is 0. The predicted octanol–water partition coefficient (Wildman–Crippen LogP) is 4.46. The van der Waals surface area contributed by atoms with Crippen LogP contribution in [0.5, 0.6) is 0 Å². The average Bonchev–Trinajstić information content (AvgIpc) is 2.26. The van der Waals surface area contributed by atoms with Crippen molar-refractivity contribution in [2.75, 3.05) is 0 Å². The molecule has 2 rings (SSSR count). The van der Waals surface area contributed by atoms with Crippen molar-refractivity contribution in [2.24, 2.45) is 5.73 Å². The van der Waals surface area contributed by atoms with Crippen LogP contribution in [0, 0.1) is 17.5 Å². The molecule has 0 saturated carbocycles. The molecule has 0 aliphatic heterocycles. The van der Waals surface area contributed by atoms with Crippen molar-refractivity contribution in [3.05, 3.63) is 69.0 Å². The van der Waals surface area contributed by atoms with E-state index >= 15 is 0 Å². The van der Waals surface area contributed by atoms with E-state index in [0.29, 0.717) is 22.7 Å². The molecule has 0 bridgehead atoms. The second-order valence-electron chi connectivity index (χ2n) is 3.93. The van der Waals surface area contributed by atoms with Gasteiger partial charge in [0.2, 0.25) is 0 Å². The highest BCUT2D eigenvalue weighted by Gasteiger charge is 2.21. The molecule has 0 saturated heterocycles. The fourth-order valence-electron chi connectivity index (χ4n) is 1.76. The van der Waals surface area contributed by atoms with Crippen molar-refractivity contribution in [3.8, 4) is 0 Å². The Morgan fingerprint density at radius 2 is 1.53 bits per heavy atom. The van der Waals surface area contributed by atoms with Gasteiger partial charge in [0.1, 0.15) is 17.5 Å². The first-order valence-corrected chi connectivity index (χ1v) is 6.00. The summed E-state index contributed by atoms with van der Waals surface area (Å²) < 4.78 is 40.1. The Bertz CT molecular complexity index is 608. The lowest BCUT2D eigenvalue weighted by Crippen LogP contribution is -2.16. The van der Waals surface area contributed by atoms with E-state index in [1.807, 2.05) is 0 Å². The molecule has 1 unspecified atom stereocenters. The molecule has 2 aromatic rings. The molecule has 0 fully saturated rings. The Balaban J connectivity index is 2.53. The van der Waals surface area contributed by atoms with Gasteiger partial charge in [-0.25, -0.2) is 13.2 Å². The van der Waals surface area contributed by atoms with Crippen LogP contribution in [0.15, 0.2) is 30.3 Å². The molecule has 0 radical (unpaired) electrons. The Labute approximate surface area is 117 Å². The quantitative estimate of drug-likeness (QED) is 0.871. The number of rotatable bonds is 2. The highest BCUT2D eigenvalue weighted by atomic mass is 35.5. The zero-order valence-electron chi connectivity index (χ0n) is 9.43. The monoisotopic (exact) mass is 305 g/mol. The third-order valence-electron chi connectivity index (χ3n) is 2.65. The third-order valence-corrected chi connectivity index (χ3v) is 3.21. The highest BCUT2D eigenvalue weighted by Crippen LogP contribution is 2.31. The summed E-state index contributed by atoms with van der Waals surface area (Å²) >= 11 is 11.7. The number of benzene rings is 2. The Kier molecular flexibility index (Phi) is 4.04. The minimum atomic E-state index is -1.15. The largest absolute Gasteiger partial charge is 0.320 e. The molecule has 0 aliphatic rings. The van der Waals surface area contributed by atoms with E-state index in [2.05, 4.69) is 0 Å². The lowest BCUT2D eigenvalue weighted by Gasteiger charge is -2.16. The number of hydrogen-bond acceptors (Lipinski definition) is 1. The van der Waals surface area contributed by atoms with E-state index in [1.165, 1.54) is 18.2 Å². The molecule has 1 atom stereocenters. The van der Waals surface area contributed by atoms with E-state index in [-0.39, 0.29) is 5.02 Å². The summed E-state index contributed by atoms with van der Waals surface area (Å²) in [6, 6.07) is 4.38. The fourth-order valence-corrected chi connectivity index (χ4v) is 2.29. The average molecular weight is 306 g/mol. The second kappa shape index (κ2) is 5.41. The summed E-state index contributed by atoms with van der Waals surface area (Å²) in [4.78, 5) is 0. The van der Waals surface area contributed by atoms with E-state index < -0.39 is 29.1 Å². The molecule has 2 aromatic carbocycles. The van der Waals surface area contributed by atoms with Crippen molar-refractivity contribution in [1.29, 1.82) is 0 Å². The van der Waals surface area contributed by atoms with Gasteiger partial charge in [0, 0.05) is 27.7 Å². The second-order valence-corrected chi connectivity index (χ2v) is 4.77. The maximum absolute atomic E-state index is 13.6. The maximum atomic E-state index is 13.6. The van der Waals surface area contributed by atoms with Crippen LogP contribution in [0.25, 0.3) is 0 Å². The zero-order chi connectivity index (χ0) is 14.2. The van der Waals surface area contributed by atoms with Gasteiger partial charge >= 0.3 is 0 Å². The minimum absolute atomic E-state index is 0.183. The van der Waals surface area contributed by atoms with Crippen molar-refractivity contribution in [3.63, 3.8) is 0 Å². The highest BCUT2D eigenvalue weighted by molar-refractivity contribution is 6.35. The molecule has 0 spiro atoms. The Hall–Kier alpha value is -1.23. The van der Waals surface area contributed by atoms with Crippen LogP contribution in [0.4, 0.5) is 13.2 Å². The first kappa shape index (κ1) is 14.2. The lowest BCUT2D eigenvalue weighted by molar-refractivity contribution is 0.515. The molecular formula is C13H8Cl2F3N. The SMILES string of the molecule is NC(c1ccc(Cl)cc1Cl)c1c(F)cc(F)cc1F. The Morgan fingerprint density at radius 1 is 0.947 bits per heavy atom. The standard InChI is InChI=1S/C13H8Cl2F3N/c14-6-1-2-8(9(15)3-6)13(19)12-10(17)4-7(16)5-11(12)18/h1-5,13H,19H2. The van der Waals surface area contributed by atoms with E-state index in [4.69, 9.17) is 28.9 Å². The van der Waals surface area contributed by atoms with Gasteiger partial charge in [-0.05, 0) is 17.7 Å². The summed E-state index contributed by atoms with van der Waals surface area (Å²) in [5, 5.41) is 0.559. The molecular weight excluding hydrogens is 298 g/mol. The molecule has 0 amide bonds. The lowest BCUT2D eigenvalue weighted by atomic mass is 9.98. The van der Waals surface area contributed by atoms with Crippen molar-refractivity contribution >= 4 is 23.2 Å². The molecule has 100 valence electrons. The summed E-state index contributed by atoms with van der Waals surface area (Å²) in [5.74, 6) is -3.12. The fraction of sp³-hybridized carbons (Fsp3) is 0.0769. The first-order chi connectivity index (χ1) is 8.90. The molecule has 2 N–H and O–H groups in total. The van der Waals surface area contributed by atoms with Gasteiger partial charge < -0.3 is 5.73 Å². The Morgan fingerprint density at radius 3 is 2.05 bits per heavy atom. The van der Waals surface area contributed by atoms with Crippen LogP contribution in [0.2, 0.25) is 10.0 Å². The van der Waals surface area contributed by atoms with Gasteiger partial charge in [-0.15, -0.1) is 0 Å². The number of nitrogens with two attached hydrogens (primary N) is 1. The minimum Gasteiger partial charge on any atom is -0.320 e. The maximum Gasteiger partial charge on any atom is 0.134 e. The van der Waals surface area contributed by atoms with Gasteiger partial charge in [0.05, 0.1) is 6.04 Å². The van der Waals surface area contributed by atoms with Crippen LogP contribution in [0.3, 0.4) is 0 Å². The smallest absolute Gasteiger partial charge is 0.134 e. The van der Waals surface area contributed by atoms with Crippen molar-refractivity contribution in [1.82, 2.24) is 0 Å². The van der Waals surface area contributed by atoms with E-state index in [9.17, 15) is 13.2 Å². The molecule has 0 heterocycles. The van der Waals surface area contributed by atoms with Crippen LogP contribution in [-0.4, -0.2) is 0 Å². The van der Waals surface area contributed by atoms with Crippen molar-refractivity contribution < 1.29 is 13.2 Å². The van der Waals surface area contributed by atoms with Crippen LogP contribution in [-0.2, 0) is 0 Å². The predicted molar refractivity (Wildman–Crippen MR) is 68.8 cm³/mol. The number of halogens is 5. The van der Waals surface area contributed by atoms with E-state index in [1.54, 1.807) is 0 Å². The molecule has 19 heavy (non-hydrogen) atoms. The van der Waals surface area contributed by atoms with Crippen LogP contribution < -0.4 is 5.73 Å².